The highest BCUT2D eigenvalue weighted by molar-refractivity contribution is 5.90. The molecular formula is C13H16FNO4. The van der Waals surface area contributed by atoms with Gasteiger partial charge in [-0.1, -0.05) is 0 Å². The molecule has 5 nitrogen and oxygen atoms in total. The van der Waals surface area contributed by atoms with Crippen LogP contribution in [0.3, 0.4) is 0 Å². The number of methoxy groups -OCH3 is 1. The van der Waals surface area contributed by atoms with Crippen molar-refractivity contribution in [2.24, 2.45) is 0 Å². The third-order valence-corrected chi connectivity index (χ3v) is 3.24. The summed E-state index contributed by atoms with van der Waals surface area (Å²) in [5, 5.41) is 9.01. The monoisotopic (exact) mass is 269 g/mol. The van der Waals surface area contributed by atoms with Crippen LogP contribution >= 0.6 is 0 Å². The Morgan fingerprint density at radius 2 is 2.21 bits per heavy atom. The number of carbonyl (C=O) groups is 1. The third-order valence-electron chi connectivity index (χ3n) is 3.24. The Hall–Kier alpha value is -1.69. The van der Waals surface area contributed by atoms with E-state index in [1.54, 1.807) is 7.11 Å². The zero-order chi connectivity index (χ0) is 13.8. The Morgan fingerprint density at radius 3 is 2.89 bits per heavy atom. The second-order valence-corrected chi connectivity index (χ2v) is 4.58. The van der Waals surface area contributed by atoms with Gasteiger partial charge in [0.05, 0.1) is 12.3 Å². The minimum absolute atomic E-state index is 0.0318. The molecular weight excluding hydrogens is 253 g/mol. The fourth-order valence-corrected chi connectivity index (χ4v) is 2.25. The maximum atomic E-state index is 13.0. The number of pyridine rings is 1. The van der Waals surface area contributed by atoms with E-state index >= 15 is 0 Å². The summed E-state index contributed by atoms with van der Waals surface area (Å²) in [5.74, 6) is -1.97. The molecule has 19 heavy (non-hydrogen) atoms. The van der Waals surface area contributed by atoms with E-state index in [9.17, 15) is 9.18 Å². The number of carboxylic acid groups (broad SMARTS) is 1. The van der Waals surface area contributed by atoms with Crippen molar-refractivity contribution in [1.82, 2.24) is 4.98 Å². The first-order chi connectivity index (χ1) is 9.10. The fraction of sp³-hybridized carbons (Fsp3) is 0.538. The number of hydrogen-bond acceptors (Lipinski definition) is 4. The van der Waals surface area contributed by atoms with E-state index in [1.807, 2.05) is 0 Å². The second-order valence-electron chi connectivity index (χ2n) is 4.58. The number of aromatic nitrogens is 1. The molecule has 1 N–H and O–H groups in total. The molecule has 2 rings (SSSR count). The van der Waals surface area contributed by atoms with Crippen LogP contribution in [0.2, 0.25) is 0 Å². The number of aromatic carboxylic acids is 1. The van der Waals surface area contributed by atoms with Crippen molar-refractivity contribution in [3.05, 3.63) is 23.6 Å². The highest BCUT2D eigenvalue weighted by Gasteiger charge is 2.25. The van der Waals surface area contributed by atoms with Gasteiger partial charge in [0.1, 0.15) is 17.5 Å². The van der Waals surface area contributed by atoms with Gasteiger partial charge in [-0.2, -0.15) is 0 Å². The quantitative estimate of drug-likeness (QED) is 0.908. The zero-order valence-electron chi connectivity index (χ0n) is 10.6. The number of nitrogens with zero attached hydrogens (tertiary/aromatic N) is 1. The van der Waals surface area contributed by atoms with E-state index in [4.69, 9.17) is 14.6 Å². The van der Waals surface area contributed by atoms with E-state index in [2.05, 4.69) is 4.98 Å². The van der Waals surface area contributed by atoms with E-state index < -0.39 is 11.8 Å². The average Bonchev–Trinajstić information content (AvgIpc) is 2.41. The molecule has 1 aromatic heterocycles. The molecule has 0 radical (unpaired) electrons. The van der Waals surface area contributed by atoms with Gasteiger partial charge >= 0.3 is 5.97 Å². The molecule has 6 heteroatoms. The molecule has 0 saturated heterocycles. The Balaban J connectivity index is 2.12. The Kier molecular flexibility index (Phi) is 4.31. The van der Waals surface area contributed by atoms with Gasteiger partial charge < -0.3 is 14.6 Å². The lowest BCUT2D eigenvalue weighted by Crippen LogP contribution is -2.30. The maximum absolute atomic E-state index is 13.0. The van der Waals surface area contributed by atoms with Crippen LogP contribution in [-0.2, 0) is 4.74 Å². The van der Waals surface area contributed by atoms with E-state index in [1.165, 1.54) is 0 Å². The van der Waals surface area contributed by atoms with Gasteiger partial charge in [-0.05, 0) is 25.3 Å². The fourth-order valence-electron chi connectivity index (χ4n) is 2.25. The van der Waals surface area contributed by atoms with Gasteiger partial charge in [0, 0.05) is 13.5 Å². The van der Waals surface area contributed by atoms with E-state index in [-0.39, 0.29) is 23.7 Å². The van der Waals surface area contributed by atoms with Gasteiger partial charge in [-0.3, -0.25) is 0 Å². The van der Waals surface area contributed by atoms with Crippen molar-refractivity contribution in [2.45, 2.75) is 37.9 Å². The molecule has 1 saturated carbocycles. The van der Waals surface area contributed by atoms with Crippen LogP contribution in [-0.4, -0.2) is 35.4 Å². The highest BCUT2D eigenvalue weighted by atomic mass is 19.1. The van der Waals surface area contributed by atoms with Crippen LogP contribution in [0.15, 0.2) is 12.3 Å². The Bertz CT molecular complexity index is 466. The SMILES string of the molecule is COC1CCCC(Oc2ncc(F)cc2C(=O)O)C1. The summed E-state index contributed by atoms with van der Waals surface area (Å²) in [5.41, 5.74) is -0.250. The molecule has 1 heterocycles. The van der Waals surface area contributed by atoms with Gasteiger partial charge in [-0.25, -0.2) is 14.2 Å². The maximum Gasteiger partial charge on any atom is 0.341 e. The molecule has 0 spiro atoms. The largest absolute Gasteiger partial charge is 0.477 e. The smallest absolute Gasteiger partial charge is 0.341 e. The van der Waals surface area contributed by atoms with Gasteiger partial charge in [0.25, 0.3) is 0 Å². The number of hydrogen-bond donors (Lipinski definition) is 1. The van der Waals surface area contributed by atoms with Crippen molar-refractivity contribution in [3.8, 4) is 5.88 Å². The Labute approximate surface area is 110 Å². The molecule has 0 amide bonds. The normalized spacial score (nSPS) is 23.1. The topological polar surface area (TPSA) is 68.7 Å². The summed E-state index contributed by atoms with van der Waals surface area (Å²) >= 11 is 0. The lowest BCUT2D eigenvalue weighted by atomic mass is 9.95. The molecule has 1 aromatic rings. The minimum Gasteiger partial charge on any atom is -0.477 e. The van der Waals surface area contributed by atoms with Crippen LogP contribution in [0, 0.1) is 5.82 Å². The Morgan fingerprint density at radius 1 is 1.47 bits per heavy atom. The summed E-state index contributed by atoms with van der Waals surface area (Å²) < 4.78 is 23.9. The lowest BCUT2D eigenvalue weighted by molar-refractivity contribution is 0.0189. The van der Waals surface area contributed by atoms with Crippen molar-refractivity contribution < 1.29 is 23.8 Å². The number of carboxylic acids is 1. The molecule has 0 aliphatic heterocycles. The molecule has 1 aliphatic rings. The average molecular weight is 269 g/mol. The summed E-state index contributed by atoms with van der Waals surface area (Å²) in [6.45, 7) is 0. The first-order valence-corrected chi connectivity index (χ1v) is 6.18. The highest BCUT2D eigenvalue weighted by Crippen LogP contribution is 2.26. The van der Waals surface area contributed by atoms with Crippen LogP contribution in [0.4, 0.5) is 4.39 Å². The van der Waals surface area contributed by atoms with Gasteiger partial charge in [0.15, 0.2) is 0 Å². The first kappa shape index (κ1) is 13.7. The molecule has 2 atom stereocenters. The zero-order valence-corrected chi connectivity index (χ0v) is 10.6. The number of ether oxygens (including phenoxy) is 2. The lowest BCUT2D eigenvalue weighted by Gasteiger charge is -2.28. The first-order valence-electron chi connectivity index (χ1n) is 6.18. The minimum atomic E-state index is -1.25. The summed E-state index contributed by atoms with van der Waals surface area (Å²) in [7, 11) is 1.64. The predicted octanol–water partition coefficient (Wildman–Crippen LogP) is 2.26. The second kappa shape index (κ2) is 5.97. The standard InChI is InChI=1S/C13H16FNO4/c1-18-9-3-2-4-10(6-9)19-12-11(13(16)17)5-8(14)7-15-12/h5,7,9-10H,2-4,6H2,1H3,(H,16,17). The van der Waals surface area contributed by atoms with Crippen molar-refractivity contribution in [1.29, 1.82) is 0 Å². The van der Waals surface area contributed by atoms with E-state index in [0.29, 0.717) is 6.42 Å². The summed E-state index contributed by atoms with van der Waals surface area (Å²) in [6.07, 6.45) is 4.36. The number of rotatable bonds is 4. The summed E-state index contributed by atoms with van der Waals surface area (Å²) in [4.78, 5) is 14.8. The molecule has 104 valence electrons. The third kappa shape index (κ3) is 3.41. The molecule has 0 aromatic carbocycles. The van der Waals surface area contributed by atoms with Gasteiger partial charge in [0.2, 0.25) is 5.88 Å². The molecule has 0 bridgehead atoms. The van der Waals surface area contributed by atoms with Gasteiger partial charge in [-0.15, -0.1) is 0 Å². The van der Waals surface area contributed by atoms with Crippen LogP contribution < -0.4 is 4.74 Å². The molecule has 1 fully saturated rings. The van der Waals surface area contributed by atoms with Crippen molar-refractivity contribution >= 4 is 5.97 Å². The van der Waals surface area contributed by atoms with Crippen LogP contribution in [0.25, 0.3) is 0 Å². The predicted molar refractivity (Wildman–Crippen MR) is 64.8 cm³/mol. The molecule has 1 aliphatic carbocycles. The van der Waals surface area contributed by atoms with E-state index in [0.717, 1.165) is 31.5 Å². The molecule has 2 unspecified atom stereocenters. The summed E-state index contributed by atoms with van der Waals surface area (Å²) in [6, 6.07) is 0.918. The van der Waals surface area contributed by atoms with Crippen LogP contribution in [0.5, 0.6) is 5.88 Å². The van der Waals surface area contributed by atoms with Crippen molar-refractivity contribution in [2.75, 3.05) is 7.11 Å². The van der Waals surface area contributed by atoms with Crippen LogP contribution in [0.1, 0.15) is 36.0 Å². The van der Waals surface area contributed by atoms with Crippen molar-refractivity contribution in [3.63, 3.8) is 0 Å². The number of halogens is 1.